The van der Waals surface area contributed by atoms with Gasteiger partial charge in [-0.15, -0.1) is 0 Å². The maximum atomic E-state index is 15.0. The molecule has 0 unspecified atom stereocenters. The van der Waals surface area contributed by atoms with E-state index < -0.39 is 63.6 Å². The van der Waals surface area contributed by atoms with Gasteiger partial charge in [0.05, 0.1) is 11.1 Å². The second-order valence-electron chi connectivity index (χ2n) is 11.6. The van der Waals surface area contributed by atoms with Gasteiger partial charge in [0, 0.05) is 23.7 Å². The lowest BCUT2D eigenvalue weighted by atomic mass is 9.72. The van der Waals surface area contributed by atoms with E-state index in [0.29, 0.717) is 25.0 Å². The summed E-state index contributed by atoms with van der Waals surface area (Å²) in [5.41, 5.74) is -7.23. The third-order valence-electron chi connectivity index (χ3n) is 8.23. The van der Waals surface area contributed by atoms with Gasteiger partial charge in [-0.25, -0.2) is 0 Å². The molecule has 11 heteroatoms. The summed E-state index contributed by atoms with van der Waals surface area (Å²) in [6.07, 6.45) is -8.60. The van der Waals surface area contributed by atoms with Crippen LogP contribution in [0.3, 0.4) is 0 Å². The number of ketones is 1. The topological polar surface area (TPSA) is 66.5 Å². The monoisotopic (exact) mass is 544 g/mol. The summed E-state index contributed by atoms with van der Waals surface area (Å²) in [5, 5.41) is 1.73. The number of allylic oxidation sites excluding steroid dienone is 1. The van der Waals surface area contributed by atoms with E-state index >= 15 is 13.2 Å². The Labute approximate surface area is 216 Å². The summed E-state index contributed by atoms with van der Waals surface area (Å²) in [6.45, 7) is 7.25. The number of nitrogens with zero attached hydrogens (tertiary/aromatic N) is 1. The second kappa shape index (κ2) is 9.12. The van der Waals surface area contributed by atoms with Crippen molar-refractivity contribution < 1.29 is 40.7 Å². The standard InChI is InChI=1S/C27H30F6N2O3/c1-14-7-5-10-18(15(14)2)35-19-12-24(3,4)13-20(36)21(19)25(23(35)38,27(31,32)33)34-22(37)16-8-6-9-17(11-16)26(28,29)30/h6,8-9,11,14-15,18H,5,7,10,12-13H2,1-4H3,(H,34,37)/t14-,15-,18+,25-/m1/s1. The summed E-state index contributed by atoms with van der Waals surface area (Å²) in [5.74, 6) is -3.99. The maximum absolute atomic E-state index is 15.0. The van der Waals surface area contributed by atoms with Crippen molar-refractivity contribution in [3.63, 3.8) is 0 Å². The van der Waals surface area contributed by atoms with Gasteiger partial charge in [-0.05, 0) is 48.3 Å². The predicted molar refractivity (Wildman–Crippen MR) is 126 cm³/mol. The largest absolute Gasteiger partial charge is 0.425 e. The number of amides is 2. The maximum Gasteiger partial charge on any atom is 0.425 e. The number of carbonyl (C=O) groups is 3. The van der Waals surface area contributed by atoms with Gasteiger partial charge in [-0.2, -0.15) is 26.3 Å². The van der Waals surface area contributed by atoms with Gasteiger partial charge in [0.2, 0.25) is 5.54 Å². The molecule has 1 aliphatic heterocycles. The van der Waals surface area contributed by atoms with Gasteiger partial charge in [-0.3, -0.25) is 14.4 Å². The lowest BCUT2D eigenvalue weighted by Gasteiger charge is -2.43. The molecule has 38 heavy (non-hydrogen) atoms. The molecule has 0 bridgehead atoms. The van der Waals surface area contributed by atoms with Crippen LogP contribution < -0.4 is 5.32 Å². The first-order valence-corrected chi connectivity index (χ1v) is 12.6. The first-order valence-electron chi connectivity index (χ1n) is 12.6. The Morgan fingerprint density at radius 3 is 2.29 bits per heavy atom. The number of alkyl halides is 6. The van der Waals surface area contributed by atoms with E-state index in [1.54, 1.807) is 19.2 Å². The smallest absolute Gasteiger partial charge is 0.326 e. The zero-order valence-corrected chi connectivity index (χ0v) is 21.5. The third kappa shape index (κ3) is 4.51. The molecular weight excluding hydrogens is 514 g/mol. The highest BCUT2D eigenvalue weighted by molar-refractivity contribution is 6.14. The number of carbonyl (C=O) groups excluding carboxylic acids is 3. The molecule has 4 atom stereocenters. The van der Waals surface area contributed by atoms with Gasteiger partial charge in [-0.1, -0.05) is 46.6 Å². The molecule has 1 N–H and O–H groups in total. The van der Waals surface area contributed by atoms with Gasteiger partial charge >= 0.3 is 12.4 Å². The fourth-order valence-corrected chi connectivity index (χ4v) is 6.13. The minimum absolute atomic E-state index is 0.00860. The van der Waals surface area contributed by atoms with Gasteiger partial charge in [0.1, 0.15) is 0 Å². The number of hydrogen-bond acceptors (Lipinski definition) is 3. The molecule has 1 heterocycles. The van der Waals surface area contributed by atoms with Crippen LogP contribution in [0.5, 0.6) is 0 Å². The first kappa shape index (κ1) is 28.2. The fraction of sp³-hybridized carbons (Fsp3) is 0.593. The van der Waals surface area contributed by atoms with Crippen LogP contribution in [-0.2, 0) is 15.8 Å². The summed E-state index contributed by atoms with van der Waals surface area (Å²) < 4.78 is 84.7. The van der Waals surface area contributed by atoms with Crippen LogP contribution in [0.25, 0.3) is 0 Å². The van der Waals surface area contributed by atoms with Crippen molar-refractivity contribution in [1.29, 1.82) is 0 Å². The molecule has 5 nitrogen and oxygen atoms in total. The average Bonchev–Trinajstić information content (AvgIpc) is 3.02. The van der Waals surface area contributed by atoms with Crippen molar-refractivity contribution in [1.82, 2.24) is 10.2 Å². The van der Waals surface area contributed by atoms with E-state index in [-0.39, 0.29) is 30.4 Å². The Hall–Kier alpha value is -2.85. The molecule has 1 saturated carbocycles. The summed E-state index contributed by atoms with van der Waals surface area (Å²) >= 11 is 0. The average molecular weight is 545 g/mol. The quantitative estimate of drug-likeness (QED) is 0.472. The van der Waals surface area contributed by atoms with E-state index in [1.165, 1.54) is 0 Å². The van der Waals surface area contributed by atoms with Crippen LogP contribution in [0, 0.1) is 17.3 Å². The lowest BCUT2D eigenvalue weighted by Crippen LogP contribution is -2.67. The van der Waals surface area contributed by atoms with Crippen LogP contribution in [-0.4, -0.2) is 40.3 Å². The number of nitrogens with one attached hydrogen (secondary N) is 1. The summed E-state index contributed by atoms with van der Waals surface area (Å²) in [6, 6.07) is 2.30. The molecule has 0 saturated heterocycles. The van der Waals surface area contributed by atoms with Crippen molar-refractivity contribution in [2.24, 2.45) is 17.3 Å². The Kier molecular flexibility index (Phi) is 6.76. The molecule has 3 aliphatic rings. The molecule has 0 spiro atoms. The molecule has 0 radical (unpaired) electrons. The van der Waals surface area contributed by atoms with Crippen molar-refractivity contribution in [3.05, 3.63) is 46.7 Å². The number of rotatable bonds is 3. The van der Waals surface area contributed by atoms with E-state index in [2.05, 4.69) is 0 Å². The molecule has 4 rings (SSSR count). The van der Waals surface area contributed by atoms with Crippen LogP contribution in [0.4, 0.5) is 26.3 Å². The molecule has 2 amide bonds. The van der Waals surface area contributed by atoms with Crippen molar-refractivity contribution in [2.45, 2.75) is 83.7 Å². The Morgan fingerprint density at radius 1 is 1.03 bits per heavy atom. The minimum Gasteiger partial charge on any atom is -0.326 e. The van der Waals surface area contributed by atoms with Crippen LogP contribution in [0.15, 0.2) is 35.5 Å². The van der Waals surface area contributed by atoms with E-state index in [4.69, 9.17) is 0 Å². The number of Topliss-reactive ketones (excluding diaryl/α,β-unsaturated/α-hetero) is 1. The lowest BCUT2D eigenvalue weighted by molar-refractivity contribution is -0.192. The Bertz CT molecular complexity index is 1200. The van der Waals surface area contributed by atoms with Crippen molar-refractivity contribution in [2.75, 3.05) is 0 Å². The molecule has 0 aromatic heterocycles. The number of hydrogen-bond donors (Lipinski definition) is 1. The predicted octanol–water partition coefficient (Wildman–Crippen LogP) is 6.05. The molecule has 208 valence electrons. The van der Waals surface area contributed by atoms with E-state index in [1.807, 2.05) is 13.8 Å². The van der Waals surface area contributed by atoms with Gasteiger partial charge < -0.3 is 10.2 Å². The molecule has 1 fully saturated rings. The zero-order chi connectivity index (χ0) is 28.4. The molecular formula is C27H30F6N2O3. The van der Waals surface area contributed by atoms with Crippen molar-refractivity contribution in [3.8, 4) is 0 Å². The Balaban J connectivity index is 1.88. The van der Waals surface area contributed by atoms with E-state index in [9.17, 15) is 27.6 Å². The Morgan fingerprint density at radius 2 is 1.68 bits per heavy atom. The van der Waals surface area contributed by atoms with Crippen molar-refractivity contribution >= 4 is 17.6 Å². The highest BCUT2D eigenvalue weighted by Gasteiger charge is 2.72. The zero-order valence-electron chi connectivity index (χ0n) is 21.5. The molecule has 2 aliphatic carbocycles. The number of halogens is 6. The first-order chi connectivity index (χ1) is 17.4. The summed E-state index contributed by atoms with van der Waals surface area (Å²) in [4.78, 5) is 41.5. The van der Waals surface area contributed by atoms with Gasteiger partial charge in [0.15, 0.2) is 5.78 Å². The van der Waals surface area contributed by atoms with Crippen LogP contribution in [0.2, 0.25) is 0 Å². The van der Waals surface area contributed by atoms with Gasteiger partial charge in [0.25, 0.3) is 11.8 Å². The fourth-order valence-electron chi connectivity index (χ4n) is 6.13. The number of benzene rings is 1. The molecule has 1 aromatic rings. The highest BCUT2D eigenvalue weighted by atomic mass is 19.4. The van der Waals surface area contributed by atoms with Crippen LogP contribution in [0.1, 0.15) is 75.7 Å². The third-order valence-corrected chi connectivity index (χ3v) is 8.23. The normalized spacial score (nSPS) is 29.9. The van der Waals surface area contributed by atoms with E-state index in [0.717, 1.165) is 23.5 Å². The van der Waals surface area contributed by atoms with Crippen LogP contribution >= 0.6 is 0 Å². The minimum atomic E-state index is -5.43. The highest BCUT2D eigenvalue weighted by Crippen LogP contribution is 2.54. The molecule has 1 aromatic carbocycles. The SMILES string of the molecule is C[C@@H]1[C@H](C)CCC[C@@H]1N1C(=O)[C@@](NC(=O)c2cccc(C(F)(F)F)c2)(C(F)(F)F)C2=C1CC(C)(C)CC2=O. The summed E-state index contributed by atoms with van der Waals surface area (Å²) in [7, 11) is 0. The second-order valence-corrected chi connectivity index (χ2v) is 11.6.